The number of amides is 2. The quantitative estimate of drug-likeness (QED) is 0.0412. The minimum absolute atomic E-state index is 0.0503. The molecule has 310 valence electrons. The van der Waals surface area contributed by atoms with Gasteiger partial charge in [-0.3, -0.25) is 0 Å². The van der Waals surface area contributed by atoms with Crippen molar-refractivity contribution in [3.8, 4) is 17.2 Å². The fourth-order valence-electron chi connectivity index (χ4n) is 4.39. The van der Waals surface area contributed by atoms with E-state index in [0.717, 1.165) is 19.3 Å². The predicted molar refractivity (Wildman–Crippen MR) is 208 cm³/mol. The molecule has 0 aliphatic carbocycles. The first-order valence-corrected chi connectivity index (χ1v) is 18.8. The Labute approximate surface area is 329 Å². The minimum atomic E-state index is -0.875. The number of esters is 2. The van der Waals surface area contributed by atoms with Gasteiger partial charge in [-0.05, 0) is 63.8 Å². The SMILES string of the molecule is C=C(C)C(=O)OCCCCCNC(=O)OC(COCCOc1cccc(OCCOCC(COc2ccccc2)OC(=O)NCCCC)c1)COC(=O)C(=C)C. The largest absolute Gasteiger partial charge is 0.491 e. The van der Waals surface area contributed by atoms with E-state index in [-0.39, 0.29) is 65.0 Å². The highest BCUT2D eigenvalue weighted by atomic mass is 16.6. The predicted octanol–water partition coefficient (Wildman–Crippen LogP) is 5.96. The van der Waals surface area contributed by atoms with Crippen LogP contribution in [0.2, 0.25) is 0 Å². The lowest BCUT2D eigenvalue weighted by Gasteiger charge is -2.19. The van der Waals surface area contributed by atoms with Crippen molar-refractivity contribution < 1.29 is 61.8 Å². The van der Waals surface area contributed by atoms with Crippen LogP contribution in [0.3, 0.4) is 0 Å². The number of hydrogen-bond acceptors (Lipinski definition) is 13. The van der Waals surface area contributed by atoms with Crippen LogP contribution in [0, 0.1) is 0 Å². The smallest absolute Gasteiger partial charge is 0.407 e. The Kier molecular flexibility index (Phi) is 24.3. The van der Waals surface area contributed by atoms with Crippen LogP contribution in [0.1, 0.15) is 52.9 Å². The molecule has 0 heterocycles. The van der Waals surface area contributed by atoms with Gasteiger partial charge in [0.15, 0.2) is 12.2 Å². The number of rotatable bonds is 30. The number of hydrogen-bond donors (Lipinski definition) is 2. The number of benzene rings is 2. The van der Waals surface area contributed by atoms with E-state index in [4.69, 9.17) is 42.6 Å². The van der Waals surface area contributed by atoms with Gasteiger partial charge >= 0.3 is 24.1 Å². The molecule has 56 heavy (non-hydrogen) atoms. The Morgan fingerprint density at radius 3 is 1.68 bits per heavy atom. The zero-order valence-corrected chi connectivity index (χ0v) is 32.9. The third-order valence-corrected chi connectivity index (χ3v) is 7.35. The van der Waals surface area contributed by atoms with Gasteiger partial charge in [-0.25, -0.2) is 19.2 Å². The summed E-state index contributed by atoms with van der Waals surface area (Å²) in [4.78, 5) is 48.0. The molecule has 2 amide bonds. The van der Waals surface area contributed by atoms with E-state index in [1.54, 1.807) is 31.2 Å². The molecule has 0 aliphatic heterocycles. The van der Waals surface area contributed by atoms with Crippen LogP contribution in [-0.2, 0) is 38.0 Å². The van der Waals surface area contributed by atoms with Crippen molar-refractivity contribution in [3.05, 3.63) is 78.9 Å². The van der Waals surface area contributed by atoms with E-state index in [9.17, 15) is 19.2 Å². The Bertz CT molecular complexity index is 1470. The summed E-state index contributed by atoms with van der Waals surface area (Å²) in [6.07, 6.45) is 1.10. The van der Waals surface area contributed by atoms with E-state index in [1.165, 1.54) is 6.92 Å². The van der Waals surface area contributed by atoms with Crippen molar-refractivity contribution in [2.24, 2.45) is 0 Å². The lowest BCUT2D eigenvalue weighted by Crippen LogP contribution is -2.35. The topological polar surface area (TPSA) is 175 Å². The third-order valence-electron chi connectivity index (χ3n) is 7.35. The molecule has 15 nitrogen and oxygen atoms in total. The Hall–Kier alpha value is -5.28. The van der Waals surface area contributed by atoms with Crippen LogP contribution in [-0.4, -0.2) is 109 Å². The molecule has 0 saturated heterocycles. The van der Waals surface area contributed by atoms with Crippen molar-refractivity contribution in [2.45, 2.75) is 65.1 Å². The molecule has 15 heteroatoms. The van der Waals surface area contributed by atoms with E-state index >= 15 is 0 Å². The first-order chi connectivity index (χ1) is 27.1. The standard InChI is InChI=1S/C41H58N2O13/c1-6-7-19-42-40(46)55-36(29-53-33-15-10-8-11-16-33)27-48-22-24-50-34-17-14-18-35(26-34)51-25-23-49-28-37(30-54-39(45)32(4)5)56-41(47)43-20-12-9-13-21-52-38(44)31(2)3/h8,10-11,14-18,26,36-37H,2,4,6-7,9,12-13,19-25,27-30H2,1,3,5H3,(H,42,46)(H,43,47). The van der Waals surface area contributed by atoms with Crippen molar-refractivity contribution in [1.29, 1.82) is 0 Å². The summed E-state index contributed by atoms with van der Waals surface area (Å²) < 4.78 is 50.0. The van der Waals surface area contributed by atoms with E-state index < -0.39 is 36.3 Å². The van der Waals surface area contributed by atoms with Gasteiger partial charge in [-0.2, -0.15) is 0 Å². The zero-order valence-electron chi connectivity index (χ0n) is 32.9. The molecule has 0 bridgehead atoms. The number of para-hydroxylation sites is 1. The molecular weight excluding hydrogens is 728 g/mol. The number of carbonyl (C=O) groups excluding carboxylic acids is 4. The van der Waals surface area contributed by atoms with Gasteiger partial charge in [-0.15, -0.1) is 0 Å². The Morgan fingerprint density at radius 1 is 0.571 bits per heavy atom. The monoisotopic (exact) mass is 786 g/mol. The van der Waals surface area contributed by atoms with Crippen LogP contribution in [0.4, 0.5) is 9.59 Å². The molecule has 0 aliphatic rings. The number of nitrogens with one attached hydrogen (secondary N) is 2. The van der Waals surface area contributed by atoms with Gasteiger partial charge in [0, 0.05) is 30.3 Å². The van der Waals surface area contributed by atoms with Crippen molar-refractivity contribution >= 4 is 24.1 Å². The Morgan fingerprint density at radius 2 is 1.11 bits per heavy atom. The van der Waals surface area contributed by atoms with Crippen LogP contribution in [0.5, 0.6) is 17.2 Å². The molecule has 0 radical (unpaired) electrons. The Balaban J connectivity index is 1.71. The molecule has 0 fully saturated rings. The average Bonchev–Trinajstić information content (AvgIpc) is 3.18. The van der Waals surface area contributed by atoms with Gasteiger partial charge in [0.1, 0.15) is 43.7 Å². The highest BCUT2D eigenvalue weighted by molar-refractivity contribution is 5.87. The second kappa shape index (κ2) is 29.1. The van der Waals surface area contributed by atoms with Gasteiger partial charge in [0.05, 0.1) is 33.0 Å². The summed E-state index contributed by atoms with van der Waals surface area (Å²) >= 11 is 0. The molecule has 2 N–H and O–H groups in total. The lowest BCUT2D eigenvalue weighted by molar-refractivity contribution is -0.143. The first-order valence-electron chi connectivity index (χ1n) is 18.8. The molecule has 2 aromatic carbocycles. The number of carbonyl (C=O) groups is 4. The summed E-state index contributed by atoms with van der Waals surface area (Å²) in [6.45, 7) is 14.1. The van der Waals surface area contributed by atoms with Crippen molar-refractivity contribution in [3.63, 3.8) is 0 Å². The lowest BCUT2D eigenvalue weighted by atomic mass is 10.2. The number of unbranched alkanes of at least 4 members (excludes halogenated alkanes) is 3. The fourth-order valence-corrected chi connectivity index (χ4v) is 4.39. The fraction of sp³-hybridized carbons (Fsp3) is 0.512. The molecule has 2 aromatic rings. The second-order valence-corrected chi connectivity index (χ2v) is 12.6. The van der Waals surface area contributed by atoms with Crippen LogP contribution in [0.15, 0.2) is 78.9 Å². The maximum atomic E-state index is 12.4. The molecule has 2 rings (SSSR count). The number of alkyl carbamates (subject to hydrolysis) is 2. The number of ether oxygens (including phenoxy) is 9. The van der Waals surface area contributed by atoms with E-state index in [0.29, 0.717) is 48.8 Å². The van der Waals surface area contributed by atoms with Gasteiger partial charge in [0.2, 0.25) is 0 Å². The molecule has 2 unspecified atom stereocenters. The summed E-state index contributed by atoms with van der Waals surface area (Å²) in [5.41, 5.74) is 0.553. The average molecular weight is 787 g/mol. The summed E-state index contributed by atoms with van der Waals surface area (Å²) in [5, 5.41) is 5.39. The maximum absolute atomic E-state index is 12.4. The normalized spacial score (nSPS) is 11.6. The highest BCUT2D eigenvalue weighted by Gasteiger charge is 2.19. The summed E-state index contributed by atoms with van der Waals surface area (Å²) in [7, 11) is 0. The molecular formula is C41H58N2O13. The van der Waals surface area contributed by atoms with Gasteiger partial charge in [-0.1, -0.05) is 50.8 Å². The van der Waals surface area contributed by atoms with Crippen molar-refractivity contribution in [2.75, 3.05) is 72.6 Å². The van der Waals surface area contributed by atoms with E-state index in [1.807, 2.05) is 37.3 Å². The van der Waals surface area contributed by atoms with Crippen LogP contribution >= 0.6 is 0 Å². The third kappa shape index (κ3) is 22.8. The summed E-state index contributed by atoms with van der Waals surface area (Å²) in [5.74, 6) is 0.724. The molecule has 0 aromatic heterocycles. The van der Waals surface area contributed by atoms with Gasteiger partial charge < -0.3 is 53.3 Å². The summed E-state index contributed by atoms with van der Waals surface area (Å²) in [6, 6.07) is 16.3. The maximum Gasteiger partial charge on any atom is 0.407 e. The molecule has 2 atom stereocenters. The molecule has 0 spiro atoms. The van der Waals surface area contributed by atoms with Crippen molar-refractivity contribution in [1.82, 2.24) is 10.6 Å². The van der Waals surface area contributed by atoms with Crippen LogP contribution in [0.25, 0.3) is 0 Å². The molecule has 0 saturated carbocycles. The first kappa shape index (κ1) is 46.9. The zero-order chi connectivity index (χ0) is 40.8. The van der Waals surface area contributed by atoms with Gasteiger partial charge in [0.25, 0.3) is 0 Å². The minimum Gasteiger partial charge on any atom is -0.491 e. The van der Waals surface area contributed by atoms with E-state index in [2.05, 4.69) is 23.8 Å². The second-order valence-electron chi connectivity index (χ2n) is 12.6. The highest BCUT2D eigenvalue weighted by Crippen LogP contribution is 2.19. The van der Waals surface area contributed by atoms with Crippen LogP contribution < -0.4 is 24.8 Å².